The molecule has 6 heteroatoms. The van der Waals surface area contributed by atoms with E-state index in [-0.39, 0.29) is 0 Å². The third-order valence-electron chi connectivity index (χ3n) is 9.32. The van der Waals surface area contributed by atoms with E-state index in [4.69, 9.17) is 15.0 Å². The quantitative estimate of drug-likeness (QED) is 0.185. The lowest BCUT2D eigenvalue weighted by Crippen LogP contribution is -2.06. The minimum absolute atomic E-state index is 0.578. The van der Waals surface area contributed by atoms with E-state index in [0.29, 0.717) is 17.6 Å². The molecule has 0 saturated heterocycles. The summed E-state index contributed by atoms with van der Waals surface area (Å²) in [6.07, 6.45) is 1.84. The Bertz CT molecular complexity index is 2790. The molecule has 0 radical (unpaired) electrons. The summed E-state index contributed by atoms with van der Waals surface area (Å²) in [5.41, 5.74) is 8.41. The predicted molar refractivity (Wildman–Crippen MR) is 207 cm³/mol. The highest BCUT2D eigenvalue weighted by Gasteiger charge is 2.22. The van der Waals surface area contributed by atoms with Crippen LogP contribution in [0.1, 0.15) is 0 Å². The number of thiophene rings is 1. The molecule has 6 aromatic carbocycles. The highest BCUT2D eigenvalue weighted by molar-refractivity contribution is 7.26. The minimum Gasteiger partial charge on any atom is -0.277 e. The molecule has 0 bridgehead atoms. The van der Waals surface area contributed by atoms with Gasteiger partial charge >= 0.3 is 0 Å². The molecule has 0 atom stereocenters. The third-order valence-corrected chi connectivity index (χ3v) is 10.5. The molecule has 10 aromatic rings. The van der Waals surface area contributed by atoms with Gasteiger partial charge in [-0.15, -0.1) is 11.3 Å². The SMILES string of the molecule is c1ccc(-c2nc(-c3ccccc3)nc(-n3c4ccc(-c5ccccn5)cc4c4ccc5sc6c(-c7ccccc7)cccc6c5c43)n2)cc1. The maximum absolute atomic E-state index is 5.22. The summed E-state index contributed by atoms with van der Waals surface area (Å²) >= 11 is 1.84. The van der Waals surface area contributed by atoms with Crippen LogP contribution in [0, 0.1) is 0 Å². The van der Waals surface area contributed by atoms with Gasteiger partial charge in [0.25, 0.3) is 0 Å². The van der Waals surface area contributed by atoms with Crippen LogP contribution in [0.25, 0.3) is 93.1 Å². The molecular formula is C44H27N5S. The second kappa shape index (κ2) is 11.6. The van der Waals surface area contributed by atoms with Gasteiger partial charge in [-0.05, 0) is 41.5 Å². The van der Waals surface area contributed by atoms with Crippen LogP contribution in [0.4, 0.5) is 0 Å². The van der Waals surface area contributed by atoms with Crippen molar-refractivity contribution >= 4 is 53.3 Å². The van der Waals surface area contributed by atoms with Crippen molar-refractivity contribution in [3.63, 3.8) is 0 Å². The van der Waals surface area contributed by atoms with Gasteiger partial charge in [-0.25, -0.2) is 4.98 Å². The van der Waals surface area contributed by atoms with E-state index in [2.05, 4.69) is 119 Å². The van der Waals surface area contributed by atoms with Crippen LogP contribution in [0.15, 0.2) is 164 Å². The van der Waals surface area contributed by atoms with Crippen molar-refractivity contribution in [3.05, 3.63) is 164 Å². The van der Waals surface area contributed by atoms with E-state index < -0.39 is 0 Å². The molecule has 234 valence electrons. The van der Waals surface area contributed by atoms with E-state index >= 15 is 0 Å². The summed E-state index contributed by atoms with van der Waals surface area (Å²) < 4.78 is 4.72. The molecule has 0 aliphatic heterocycles. The molecule has 10 rings (SSSR count). The Balaban J connectivity index is 1.34. The monoisotopic (exact) mass is 657 g/mol. The van der Waals surface area contributed by atoms with Gasteiger partial charge in [-0.3, -0.25) is 9.55 Å². The average molecular weight is 658 g/mol. The van der Waals surface area contributed by atoms with Crippen LogP contribution in [0.2, 0.25) is 0 Å². The lowest BCUT2D eigenvalue weighted by Gasteiger charge is -2.11. The fraction of sp³-hybridized carbons (Fsp3) is 0. The zero-order chi connectivity index (χ0) is 33.0. The molecule has 0 aliphatic carbocycles. The van der Waals surface area contributed by atoms with Gasteiger partial charge in [0.1, 0.15) is 0 Å². The zero-order valence-electron chi connectivity index (χ0n) is 26.7. The van der Waals surface area contributed by atoms with Crippen molar-refractivity contribution in [2.45, 2.75) is 0 Å². The van der Waals surface area contributed by atoms with Crippen LogP contribution < -0.4 is 0 Å². The van der Waals surface area contributed by atoms with Gasteiger partial charge in [-0.2, -0.15) is 9.97 Å². The van der Waals surface area contributed by atoms with Crippen molar-refractivity contribution < 1.29 is 0 Å². The fourth-order valence-electron chi connectivity index (χ4n) is 7.03. The normalized spacial score (nSPS) is 11.6. The molecule has 0 N–H and O–H groups in total. The first kappa shape index (κ1) is 28.5. The molecule has 0 spiro atoms. The maximum Gasteiger partial charge on any atom is 0.238 e. The average Bonchev–Trinajstić information content (AvgIpc) is 3.74. The summed E-state index contributed by atoms with van der Waals surface area (Å²) in [5, 5.41) is 4.66. The molecule has 4 aromatic heterocycles. The van der Waals surface area contributed by atoms with Crippen LogP contribution in [0.5, 0.6) is 0 Å². The number of hydrogen-bond donors (Lipinski definition) is 0. The minimum atomic E-state index is 0.578. The van der Waals surface area contributed by atoms with E-state index in [1.54, 1.807) is 0 Å². The summed E-state index contributed by atoms with van der Waals surface area (Å²) in [6, 6.07) is 54.7. The van der Waals surface area contributed by atoms with Crippen LogP contribution in [0.3, 0.4) is 0 Å². The summed E-state index contributed by atoms with van der Waals surface area (Å²) in [5.74, 6) is 1.83. The van der Waals surface area contributed by atoms with Gasteiger partial charge < -0.3 is 0 Å². The lowest BCUT2D eigenvalue weighted by atomic mass is 10.0. The standard InChI is InChI=1S/C44H27N5S/c1-4-13-28(14-5-1)32-19-12-20-34-39-38(50-41(32)34)25-23-33-35-27-31(36-21-10-11-26-45-36)22-24-37(35)49(40(33)39)44-47-42(29-15-6-2-7-16-29)46-43(48-44)30-17-8-3-9-18-30/h1-27H. The van der Waals surface area contributed by atoms with Gasteiger partial charge in [0.2, 0.25) is 5.95 Å². The number of pyridine rings is 1. The second-order valence-electron chi connectivity index (χ2n) is 12.3. The molecule has 0 amide bonds. The number of fused-ring (bicyclic) bond motifs is 7. The molecule has 0 fully saturated rings. The van der Waals surface area contributed by atoms with Crippen molar-refractivity contribution in [1.29, 1.82) is 0 Å². The molecule has 0 saturated carbocycles. The van der Waals surface area contributed by atoms with Gasteiger partial charge in [0.15, 0.2) is 11.6 Å². The van der Waals surface area contributed by atoms with Crippen LogP contribution >= 0.6 is 11.3 Å². The highest BCUT2D eigenvalue weighted by atomic mass is 32.1. The maximum atomic E-state index is 5.22. The number of rotatable bonds is 5. The largest absolute Gasteiger partial charge is 0.277 e. The van der Waals surface area contributed by atoms with E-state index in [1.165, 1.54) is 31.3 Å². The first-order valence-corrected chi connectivity index (χ1v) is 17.4. The molecule has 5 nitrogen and oxygen atoms in total. The predicted octanol–water partition coefficient (Wildman–Crippen LogP) is 11.4. The molecule has 0 aliphatic rings. The number of aromatic nitrogens is 5. The summed E-state index contributed by atoms with van der Waals surface area (Å²) in [4.78, 5) is 20.1. The zero-order valence-corrected chi connectivity index (χ0v) is 27.5. The first-order chi connectivity index (χ1) is 24.8. The topological polar surface area (TPSA) is 56.5 Å². The van der Waals surface area contributed by atoms with Crippen LogP contribution in [-0.2, 0) is 0 Å². The van der Waals surface area contributed by atoms with Crippen molar-refractivity contribution in [3.8, 4) is 51.1 Å². The smallest absolute Gasteiger partial charge is 0.238 e. The highest BCUT2D eigenvalue weighted by Crippen LogP contribution is 2.46. The molecule has 50 heavy (non-hydrogen) atoms. The van der Waals surface area contributed by atoms with Crippen molar-refractivity contribution in [2.75, 3.05) is 0 Å². The Kier molecular flexibility index (Phi) is 6.60. The Morgan fingerprint density at radius 1 is 0.480 bits per heavy atom. The van der Waals surface area contributed by atoms with Crippen molar-refractivity contribution in [1.82, 2.24) is 24.5 Å². The Labute approximate surface area is 291 Å². The van der Waals surface area contributed by atoms with Crippen LogP contribution in [-0.4, -0.2) is 24.5 Å². The summed E-state index contributed by atoms with van der Waals surface area (Å²) in [6.45, 7) is 0. The number of hydrogen-bond acceptors (Lipinski definition) is 5. The third kappa shape index (κ3) is 4.61. The summed E-state index contributed by atoms with van der Waals surface area (Å²) in [7, 11) is 0. The van der Waals surface area contributed by atoms with Gasteiger partial charge in [-0.1, -0.05) is 127 Å². The Morgan fingerprint density at radius 2 is 1.16 bits per heavy atom. The van der Waals surface area contributed by atoms with Gasteiger partial charge in [0, 0.05) is 53.8 Å². The molecule has 0 unspecified atom stereocenters. The molecular weight excluding hydrogens is 631 g/mol. The second-order valence-corrected chi connectivity index (χ2v) is 13.3. The van der Waals surface area contributed by atoms with Crippen molar-refractivity contribution in [2.24, 2.45) is 0 Å². The van der Waals surface area contributed by atoms with E-state index in [1.807, 2.05) is 66.1 Å². The number of benzene rings is 6. The Morgan fingerprint density at radius 3 is 1.84 bits per heavy atom. The van der Waals surface area contributed by atoms with E-state index in [0.717, 1.165) is 44.2 Å². The lowest BCUT2D eigenvalue weighted by molar-refractivity contribution is 0.955. The van der Waals surface area contributed by atoms with Gasteiger partial charge in [0.05, 0.1) is 16.7 Å². The van der Waals surface area contributed by atoms with E-state index in [9.17, 15) is 0 Å². The fourth-order valence-corrected chi connectivity index (χ4v) is 8.27. The number of nitrogens with zero attached hydrogens (tertiary/aromatic N) is 5. The first-order valence-electron chi connectivity index (χ1n) is 16.6. The molecule has 4 heterocycles. The Hall–Kier alpha value is -6.50.